The monoisotopic (exact) mass is 369 g/mol. The maximum Gasteiger partial charge on any atom is 0.246 e. The molecular weight excluding hydrogens is 346 g/mol. The zero-order valence-electron chi connectivity index (χ0n) is 15.8. The fourth-order valence-electron chi connectivity index (χ4n) is 3.93. The zero-order valence-corrected chi connectivity index (χ0v) is 15.8. The molecule has 2 aromatic rings. The lowest BCUT2D eigenvalue weighted by atomic mass is 10.1. The largest absolute Gasteiger partial charge is 0.496 e. The minimum Gasteiger partial charge on any atom is -0.496 e. The number of hydrogen-bond donors (Lipinski definition) is 0. The van der Waals surface area contributed by atoms with E-state index < -0.39 is 6.04 Å². The normalized spacial score (nSPS) is 22.3. The first-order chi connectivity index (χ1) is 13.0. The number of nitrogens with zero attached hydrogens (tertiary/aromatic N) is 3. The molecule has 0 N–H and O–H groups in total. The van der Waals surface area contributed by atoms with Gasteiger partial charge in [-0.1, -0.05) is 12.1 Å². The molecule has 0 saturated carbocycles. The van der Waals surface area contributed by atoms with Crippen molar-refractivity contribution in [3.63, 3.8) is 0 Å². The molecule has 0 spiro atoms. The summed E-state index contributed by atoms with van der Waals surface area (Å²) in [5.41, 5.74) is 1.42. The fraction of sp³-hybridized carbons (Fsp3) is 0.450. The van der Waals surface area contributed by atoms with Gasteiger partial charge in [0.1, 0.15) is 29.3 Å². The molecule has 7 nitrogen and oxygen atoms in total. The molecular formula is C20H23N3O4. The third kappa shape index (κ3) is 2.87. The number of carbonyl (C=O) groups excluding carboxylic acids is 2. The number of carbonyl (C=O) groups is 2. The number of aromatic nitrogens is 1. The summed E-state index contributed by atoms with van der Waals surface area (Å²) in [5.74, 6) is 1.77. The molecule has 2 aliphatic heterocycles. The number of hydrogen-bond acceptors (Lipinski definition) is 5. The summed E-state index contributed by atoms with van der Waals surface area (Å²) in [6.45, 7) is 4.55. The third-order valence-electron chi connectivity index (χ3n) is 5.48. The van der Waals surface area contributed by atoms with E-state index in [4.69, 9.17) is 9.15 Å². The Balaban J connectivity index is 1.62. The van der Waals surface area contributed by atoms with Crippen LogP contribution in [-0.4, -0.2) is 52.3 Å². The van der Waals surface area contributed by atoms with Gasteiger partial charge in [0.25, 0.3) is 0 Å². The molecule has 2 amide bonds. The first kappa shape index (κ1) is 17.6. The summed E-state index contributed by atoms with van der Waals surface area (Å²) in [6, 6.07) is 6.68. The van der Waals surface area contributed by atoms with Crippen LogP contribution >= 0.6 is 0 Å². The van der Waals surface area contributed by atoms with E-state index in [1.807, 2.05) is 31.2 Å². The third-order valence-corrected chi connectivity index (χ3v) is 5.48. The number of benzene rings is 1. The number of para-hydroxylation sites is 1. The molecule has 27 heavy (non-hydrogen) atoms. The lowest BCUT2D eigenvalue weighted by Crippen LogP contribution is -2.61. The first-order valence-corrected chi connectivity index (χ1v) is 9.22. The van der Waals surface area contributed by atoms with Gasteiger partial charge in [0, 0.05) is 6.54 Å². The van der Waals surface area contributed by atoms with E-state index in [1.165, 1.54) is 0 Å². The van der Waals surface area contributed by atoms with Crippen molar-refractivity contribution in [2.75, 3.05) is 13.7 Å². The molecule has 1 aromatic carbocycles. The van der Waals surface area contributed by atoms with Gasteiger partial charge in [0.15, 0.2) is 0 Å². The van der Waals surface area contributed by atoms with E-state index in [0.717, 1.165) is 18.4 Å². The van der Waals surface area contributed by atoms with Gasteiger partial charge < -0.3 is 19.0 Å². The Bertz CT molecular complexity index is 891. The van der Waals surface area contributed by atoms with Gasteiger partial charge in [0.2, 0.25) is 17.7 Å². The average molecular weight is 369 g/mol. The maximum atomic E-state index is 12.9. The maximum absolute atomic E-state index is 12.9. The van der Waals surface area contributed by atoms with Crippen molar-refractivity contribution in [2.24, 2.45) is 0 Å². The van der Waals surface area contributed by atoms with Crippen LogP contribution in [-0.2, 0) is 16.1 Å². The topological polar surface area (TPSA) is 75.9 Å². The number of fused-ring (bicyclic) bond motifs is 1. The number of amides is 2. The number of piperazine rings is 1. The Morgan fingerprint density at radius 1 is 1.26 bits per heavy atom. The van der Waals surface area contributed by atoms with E-state index in [2.05, 4.69) is 4.98 Å². The molecule has 1 aromatic heterocycles. The van der Waals surface area contributed by atoms with Crippen molar-refractivity contribution in [2.45, 2.75) is 45.3 Å². The minimum atomic E-state index is -0.488. The van der Waals surface area contributed by atoms with Crippen LogP contribution in [0, 0.1) is 6.92 Å². The molecule has 0 bridgehead atoms. The van der Waals surface area contributed by atoms with Crippen LogP contribution < -0.4 is 4.74 Å². The van der Waals surface area contributed by atoms with Crippen LogP contribution in [0.2, 0.25) is 0 Å². The summed E-state index contributed by atoms with van der Waals surface area (Å²) in [6.07, 6.45) is 1.61. The van der Waals surface area contributed by atoms with Gasteiger partial charge in [-0.3, -0.25) is 9.59 Å². The zero-order chi connectivity index (χ0) is 19.1. The molecule has 142 valence electrons. The number of rotatable bonds is 4. The van der Waals surface area contributed by atoms with Crippen LogP contribution in [0.15, 0.2) is 28.7 Å². The molecule has 0 radical (unpaired) electrons. The van der Waals surface area contributed by atoms with Crippen LogP contribution in [0.4, 0.5) is 0 Å². The second kappa shape index (κ2) is 6.72. The molecule has 2 fully saturated rings. The molecule has 7 heteroatoms. The Hall–Kier alpha value is -2.83. The number of ether oxygens (including phenoxy) is 1. The van der Waals surface area contributed by atoms with Crippen molar-refractivity contribution in [1.29, 1.82) is 0 Å². The standard InChI is InChI=1S/C20H23N3O4/c1-12-19(24)22-10-6-8-16(22)20(25)23(12)11-15-13(2)27-18(21-15)14-7-4-5-9-17(14)26-3/h4-5,7,9,12,16H,6,8,10-11H2,1-3H3/t12-,16-/m0/s1. The van der Waals surface area contributed by atoms with Gasteiger partial charge in [-0.05, 0) is 38.8 Å². The Morgan fingerprint density at radius 2 is 2.04 bits per heavy atom. The number of oxazole rings is 1. The summed E-state index contributed by atoms with van der Waals surface area (Å²) < 4.78 is 11.2. The number of aryl methyl sites for hydroxylation is 1. The second-order valence-corrected chi connectivity index (χ2v) is 7.05. The average Bonchev–Trinajstić information content (AvgIpc) is 3.30. The highest BCUT2D eigenvalue weighted by Crippen LogP contribution is 2.32. The lowest BCUT2D eigenvalue weighted by Gasteiger charge is -2.40. The Kier molecular flexibility index (Phi) is 4.37. The highest BCUT2D eigenvalue weighted by atomic mass is 16.5. The van der Waals surface area contributed by atoms with Crippen LogP contribution in [0.1, 0.15) is 31.2 Å². The fourth-order valence-corrected chi connectivity index (χ4v) is 3.93. The molecule has 0 unspecified atom stereocenters. The highest BCUT2D eigenvalue weighted by Gasteiger charge is 2.46. The van der Waals surface area contributed by atoms with E-state index in [1.54, 1.807) is 23.8 Å². The lowest BCUT2D eigenvalue weighted by molar-refractivity contribution is -0.159. The van der Waals surface area contributed by atoms with E-state index in [9.17, 15) is 9.59 Å². The molecule has 2 atom stereocenters. The van der Waals surface area contributed by atoms with Gasteiger partial charge in [-0.2, -0.15) is 0 Å². The minimum absolute atomic E-state index is 0.000779. The van der Waals surface area contributed by atoms with E-state index in [0.29, 0.717) is 29.6 Å². The summed E-state index contributed by atoms with van der Waals surface area (Å²) >= 11 is 0. The highest BCUT2D eigenvalue weighted by molar-refractivity contribution is 5.97. The van der Waals surface area contributed by atoms with Gasteiger partial charge in [-0.15, -0.1) is 0 Å². The van der Waals surface area contributed by atoms with Gasteiger partial charge in [-0.25, -0.2) is 4.98 Å². The Morgan fingerprint density at radius 3 is 2.81 bits per heavy atom. The predicted molar refractivity (Wildman–Crippen MR) is 98.0 cm³/mol. The quantitative estimate of drug-likeness (QED) is 0.827. The van der Waals surface area contributed by atoms with Gasteiger partial charge >= 0.3 is 0 Å². The summed E-state index contributed by atoms with van der Waals surface area (Å²) in [7, 11) is 1.60. The van der Waals surface area contributed by atoms with Crippen LogP contribution in [0.3, 0.4) is 0 Å². The van der Waals surface area contributed by atoms with Gasteiger partial charge in [0.05, 0.1) is 19.2 Å². The Labute approximate surface area is 157 Å². The van der Waals surface area contributed by atoms with Crippen molar-refractivity contribution in [3.05, 3.63) is 35.7 Å². The summed E-state index contributed by atoms with van der Waals surface area (Å²) in [4.78, 5) is 33.5. The first-order valence-electron chi connectivity index (χ1n) is 9.22. The second-order valence-electron chi connectivity index (χ2n) is 7.05. The molecule has 2 saturated heterocycles. The van der Waals surface area contributed by atoms with E-state index in [-0.39, 0.29) is 24.4 Å². The van der Waals surface area contributed by atoms with Crippen LogP contribution in [0.25, 0.3) is 11.5 Å². The number of methoxy groups -OCH3 is 1. The van der Waals surface area contributed by atoms with Crippen molar-refractivity contribution < 1.29 is 18.7 Å². The molecule has 4 rings (SSSR count). The van der Waals surface area contributed by atoms with Crippen molar-refractivity contribution in [3.8, 4) is 17.2 Å². The molecule has 3 heterocycles. The molecule has 0 aliphatic carbocycles. The SMILES string of the molecule is COc1ccccc1-c1nc(CN2C(=O)[C@@H]3CCCN3C(=O)[C@@H]2C)c(C)o1. The smallest absolute Gasteiger partial charge is 0.246 e. The summed E-state index contributed by atoms with van der Waals surface area (Å²) in [5, 5.41) is 0. The van der Waals surface area contributed by atoms with Crippen LogP contribution in [0.5, 0.6) is 5.75 Å². The molecule has 2 aliphatic rings. The predicted octanol–water partition coefficient (Wildman–Crippen LogP) is 2.38. The van der Waals surface area contributed by atoms with E-state index >= 15 is 0 Å². The van der Waals surface area contributed by atoms with Crippen molar-refractivity contribution >= 4 is 11.8 Å². The van der Waals surface area contributed by atoms with Crippen molar-refractivity contribution in [1.82, 2.24) is 14.8 Å².